The average molecular weight is 299 g/mol. The van der Waals surface area contributed by atoms with E-state index < -0.39 is 27.0 Å². The summed E-state index contributed by atoms with van der Waals surface area (Å²) >= 11 is 0. The molecule has 0 aromatic heterocycles. The molecular weight excluding hydrogens is 282 g/mol. The third kappa shape index (κ3) is 2.98. The molecule has 6 nitrogen and oxygen atoms in total. The third-order valence-electron chi connectivity index (χ3n) is 3.02. The van der Waals surface area contributed by atoms with Gasteiger partial charge in [-0.1, -0.05) is 6.07 Å². The van der Waals surface area contributed by atoms with E-state index in [0.717, 1.165) is 6.07 Å². The standard InChI is InChI=1S/C13H17NO5S/c1-8-5-6-10(7-11(8)13(16)17)20(18,19)9(2)12(15)14(3)4/h5-7,9H,1-4H3,(H,16,17). The van der Waals surface area contributed by atoms with E-state index in [0.29, 0.717) is 5.56 Å². The van der Waals surface area contributed by atoms with E-state index in [-0.39, 0.29) is 10.5 Å². The van der Waals surface area contributed by atoms with Gasteiger partial charge in [-0.3, -0.25) is 4.79 Å². The molecule has 0 fully saturated rings. The molecule has 1 aromatic rings. The number of nitrogens with zero attached hydrogens (tertiary/aromatic N) is 1. The smallest absolute Gasteiger partial charge is 0.335 e. The van der Waals surface area contributed by atoms with Crippen molar-refractivity contribution in [1.82, 2.24) is 4.90 Å². The summed E-state index contributed by atoms with van der Waals surface area (Å²) in [5, 5.41) is 7.76. The summed E-state index contributed by atoms with van der Waals surface area (Å²) < 4.78 is 24.6. The van der Waals surface area contributed by atoms with Crippen LogP contribution in [0.1, 0.15) is 22.8 Å². The van der Waals surface area contributed by atoms with Gasteiger partial charge in [0.15, 0.2) is 9.84 Å². The summed E-state index contributed by atoms with van der Waals surface area (Å²) in [7, 11) is -0.982. The van der Waals surface area contributed by atoms with Gasteiger partial charge in [-0.2, -0.15) is 0 Å². The number of carboxylic acids is 1. The van der Waals surface area contributed by atoms with Crippen molar-refractivity contribution in [2.24, 2.45) is 0 Å². The molecule has 0 aliphatic rings. The second-order valence-electron chi connectivity index (χ2n) is 4.70. The number of carboxylic acid groups (broad SMARTS) is 1. The maximum atomic E-state index is 12.3. The Hall–Kier alpha value is -1.89. The summed E-state index contributed by atoms with van der Waals surface area (Å²) in [5.74, 6) is -1.76. The van der Waals surface area contributed by atoms with Gasteiger partial charge in [0.25, 0.3) is 0 Å². The van der Waals surface area contributed by atoms with Crippen molar-refractivity contribution in [3.05, 3.63) is 29.3 Å². The highest BCUT2D eigenvalue weighted by Gasteiger charge is 2.31. The van der Waals surface area contributed by atoms with Crippen LogP contribution in [0.5, 0.6) is 0 Å². The van der Waals surface area contributed by atoms with Gasteiger partial charge in [0.2, 0.25) is 5.91 Å². The Labute approximate surface area is 117 Å². The van der Waals surface area contributed by atoms with Crippen molar-refractivity contribution in [3.8, 4) is 0 Å². The molecule has 1 amide bonds. The monoisotopic (exact) mass is 299 g/mol. The van der Waals surface area contributed by atoms with Gasteiger partial charge in [0.05, 0.1) is 10.5 Å². The van der Waals surface area contributed by atoms with Crippen LogP contribution < -0.4 is 0 Å². The Bertz CT molecular complexity index is 649. The second-order valence-corrected chi connectivity index (χ2v) is 6.97. The fourth-order valence-corrected chi connectivity index (χ4v) is 3.13. The highest BCUT2D eigenvalue weighted by atomic mass is 32.2. The van der Waals surface area contributed by atoms with Crippen LogP contribution in [0, 0.1) is 6.92 Å². The average Bonchev–Trinajstić information content (AvgIpc) is 2.36. The molecule has 1 rings (SSSR count). The molecule has 7 heteroatoms. The maximum absolute atomic E-state index is 12.3. The fourth-order valence-electron chi connectivity index (χ4n) is 1.71. The molecule has 1 unspecified atom stereocenters. The SMILES string of the molecule is Cc1ccc(S(=O)(=O)C(C)C(=O)N(C)C)cc1C(=O)O. The van der Waals surface area contributed by atoms with Crippen molar-refractivity contribution >= 4 is 21.7 Å². The van der Waals surface area contributed by atoms with E-state index in [4.69, 9.17) is 5.11 Å². The van der Waals surface area contributed by atoms with Crippen molar-refractivity contribution < 1.29 is 23.1 Å². The van der Waals surface area contributed by atoms with Gasteiger partial charge in [0.1, 0.15) is 5.25 Å². The highest BCUT2D eigenvalue weighted by molar-refractivity contribution is 7.92. The number of rotatable bonds is 4. The molecule has 0 saturated carbocycles. The number of carbonyl (C=O) groups is 2. The number of sulfone groups is 1. The van der Waals surface area contributed by atoms with Crippen LogP contribution in [-0.4, -0.2) is 49.6 Å². The van der Waals surface area contributed by atoms with Gasteiger partial charge >= 0.3 is 5.97 Å². The summed E-state index contributed by atoms with van der Waals surface area (Å²) in [6.07, 6.45) is 0. The number of hydrogen-bond acceptors (Lipinski definition) is 4. The lowest BCUT2D eigenvalue weighted by Gasteiger charge is -2.17. The second kappa shape index (κ2) is 5.62. The van der Waals surface area contributed by atoms with Gasteiger partial charge in [0, 0.05) is 14.1 Å². The first-order chi connectivity index (χ1) is 9.09. The van der Waals surface area contributed by atoms with E-state index in [9.17, 15) is 18.0 Å². The molecule has 0 aliphatic heterocycles. The predicted molar refractivity (Wildman–Crippen MR) is 73.5 cm³/mol. The molecule has 20 heavy (non-hydrogen) atoms. The Morgan fingerprint density at radius 3 is 2.25 bits per heavy atom. The minimum atomic E-state index is -3.91. The van der Waals surface area contributed by atoms with Gasteiger partial charge in [-0.15, -0.1) is 0 Å². The van der Waals surface area contributed by atoms with Crippen LogP contribution >= 0.6 is 0 Å². The Morgan fingerprint density at radius 2 is 1.80 bits per heavy atom. The number of benzene rings is 1. The summed E-state index contributed by atoms with van der Waals surface area (Å²) in [6, 6.07) is 3.83. The summed E-state index contributed by atoms with van der Waals surface area (Å²) in [6.45, 7) is 2.87. The van der Waals surface area contributed by atoms with Crippen LogP contribution in [0.25, 0.3) is 0 Å². The molecular formula is C13H17NO5S. The molecule has 1 N–H and O–H groups in total. The molecule has 1 atom stereocenters. The van der Waals surface area contributed by atoms with Gasteiger partial charge in [-0.25, -0.2) is 13.2 Å². The van der Waals surface area contributed by atoms with E-state index in [2.05, 4.69) is 0 Å². The number of carbonyl (C=O) groups excluding carboxylic acids is 1. The zero-order valence-electron chi connectivity index (χ0n) is 11.7. The van der Waals surface area contributed by atoms with E-state index in [1.165, 1.54) is 38.1 Å². The van der Waals surface area contributed by atoms with Gasteiger partial charge < -0.3 is 10.0 Å². The first kappa shape index (κ1) is 16.2. The quantitative estimate of drug-likeness (QED) is 0.893. The summed E-state index contributed by atoms with van der Waals surface area (Å²) in [5.41, 5.74) is 0.374. The molecule has 0 aliphatic carbocycles. The zero-order valence-corrected chi connectivity index (χ0v) is 12.6. The number of aryl methyl sites for hydroxylation is 1. The molecule has 0 bridgehead atoms. The maximum Gasteiger partial charge on any atom is 0.335 e. The van der Waals surface area contributed by atoms with Crippen LogP contribution in [0.3, 0.4) is 0 Å². The summed E-state index contributed by atoms with van der Waals surface area (Å²) in [4.78, 5) is 23.8. The number of aromatic carboxylic acids is 1. The first-order valence-electron chi connectivity index (χ1n) is 5.88. The van der Waals surface area contributed by atoms with Crippen molar-refractivity contribution in [2.75, 3.05) is 14.1 Å². The third-order valence-corrected chi connectivity index (χ3v) is 5.07. The minimum absolute atomic E-state index is 0.0874. The van der Waals surface area contributed by atoms with Crippen molar-refractivity contribution in [3.63, 3.8) is 0 Å². The molecule has 0 radical (unpaired) electrons. The zero-order chi connectivity index (χ0) is 15.7. The molecule has 110 valence electrons. The Kier molecular flexibility index (Phi) is 4.54. The lowest BCUT2D eigenvalue weighted by Crippen LogP contribution is -2.37. The largest absolute Gasteiger partial charge is 0.478 e. The highest BCUT2D eigenvalue weighted by Crippen LogP contribution is 2.20. The van der Waals surface area contributed by atoms with Crippen molar-refractivity contribution in [2.45, 2.75) is 24.0 Å². The van der Waals surface area contributed by atoms with E-state index in [1.54, 1.807) is 6.92 Å². The van der Waals surface area contributed by atoms with E-state index >= 15 is 0 Å². The fraction of sp³-hybridized carbons (Fsp3) is 0.385. The Morgan fingerprint density at radius 1 is 1.25 bits per heavy atom. The lowest BCUT2D eigenvalue weighted by atomic mass is 10.1. The number of amides is 1. The van der Waals surface area contributed by atoms with Crippen LogP contribution in [-0.2, 0) is 14.6 Å². The minimum Gasteiger partial charge on any atom is -0.478 e. The van der Waals surface area contributed by atoms with Crippen LogP contribution in [0.15, 0.2) is 23.1 Å². The topological polar surface area (TPSA) is 91.8 Å². The predicted octanol–water partition coefficient (Wildman–Crippen LogP) is 0.944. The van der Waals surface area contributed by atoms with Crippen LogP contribution in [0.2, 0.25) is 0 Å². The van der Waals surface area contributed by atoms with Crippen molar-refractivity contribution in [1.29, 1.82) is 0 Å². The molecule has 1 aromatic carbocycles. The number of hydrogen-bond donors (Lipinski definition) is 1. The normalized spacial score (nSPS) is 12.8. The van der Waals surface area contributed by atoms with E-state index in [1.807, 2.05) is 0 Å². The Balaban J connectivity index is 3.33. The molecule has 0 saturated heterocycles. The first-order valence-corrected chi connectivity index (χ1v) is 7.42. The van der Waals surface area contributed by atoms with Crippen LogP contribution in [0.4, 0.5) is 0 Å². The van der Waals surface area contributed by atoms with Gasteiger partial charge in [-0.05, 0) is 31.5 Å². The molecule has 0 heterocycles. The molecule has 0 spiro atoms. The lowest BCUT2D eigenvalue weighted by molar-refractivity contribution is -0.127.